The first-order chi connectivity index (χ1) is 11.5. The first-order valence-electron chi connectivity index (χ1n) is 8.90. The van der Waals surface area contributed by atoms with Crippen LogP contribution in [-0.4, -0.2) is 37.0 Å². The number of hydrogen-bond acceptors (Lipinski definition) is 3. The second-order valence-corrected chi connectivity index (χ2v) is 6.79. The van der Waals surface area contributed by atoms with Crippen LogP contribution in [0.1, 0.15) is 44.0 Å². The SMILES string of the molecule is CCC(C)C(NC(=O)c1ccccc1)C(=O)NC1CCNCC1C.Cl. The summed E-state index contributed by atoms with van der Waals surface area (Å²) in [6, 6.07) is 8.69. The molecule has 0 aliphatic carbocycles. The van der Waals surface area contributed by atoms with E-state index in [1.54, 1.807) is 12.1 Å². The molecule has 1 heterocycles. The predicted molar refractivity (Wildman–Crippen MR) is 103 cm³/mol. The third-order valence-electron chi connectivity index (χ3n) is 4.93. The summed E-state index contributed by atoms with van der Waals surface area (Å²) in [5.41, 5.74) is 0.578. The van der Waals surface area contributed by atoms with Crippen molar-refractivity contribution in [3.05, 3.63) is 35.9 Å². The molecule has 5 nitrogen and oxygen atoms in total. The Balaban J connectivity index is 0.00000312. The lowest BCUT2D eigenvalue weighted by atomic mass is 9.93. The normalized spacial score (nSPS) is 22.2. The second kappa shape index (κ2) is 10.4. The van der Waals surface area contributed by atoms with E-state index in [0.717, 1.165) is 25.9 Å². The summed E-state index contributed by atoms with van der Waals surface area (Å²) in [5.74, 6) is 0.196. The number of amides is 2. The maximum absolute atomic E-state index is 12.8. The van der Waals surface area contributed by atoms with Crippen LogP contribution in [0.25, 0.3) is 0 Å². The quantitative estimate of drug-likeness (QED) is 0.723. The van der Waals surface area contributed by atoms with E-state index < -0.39 is 6.04 Å². The van der Waals surface area contributed by atoms with Gasteiger partial charge in [-0.1, -0.05) is 45.4 Å². The Kier molecular flexibility index (Phi) is 8.93. The summed E-state index contributed by atoms with van der Waals surface area (Å²) in [6.45, 7) is 8.00. The van der Waals surface area contributed by atoms with Crippen molar-refractivity contribution in [1.29, 1.82) is 0 Å². The molecule has 1 aromatic carbocycles. The van der Waals surface area contributed by atoms with Gasteiger partial charge in [0.05, 0.1) is 0 Å². The Labute approximate surface area is 156 Å². The van der Waals surface area contributed by atoms with Gasteiger partial charge in [0.15, 0.2) is 0 Å². The molecule has 4 atom stereocenters. The van der Waals surface area contributed by atoms with Crippen molar-refractivity contribution in [3.63, 3.8) is 0 Å². The summed E-state index contributed by atoms with van der Waals surface area (Å²) in [5, 5.41) is 9.40. The Morgan fingerprint density at radius 3 is 2.56 bits per heavy atom. The fourth-order valence-corrected chi connectivity index (χ4v) is 3.02. The molecule has 1 saturated heterocycles. The molecule has 25 heavy (non-hydrogen) atoms. The highest BCUT2D eigenvalue weighted by Crippen LogP contribution is 2.14. The third kappa shape index (κ3) is 6.01. The van der Waals surface area contributed by atoms with Crippen LogP contribution in [0.4, 0.5) is 0 Å². The van der Waals surface area contributed by atoms with Gasteiger partial charge in [0.25, 0.3) is 5.91 Å². The number of nitrogens with one attached hydrogen (secondary N) is 3. The van der Waals surface area contributed by atoms with E-state index in [2.05, 4.69) is 22.9 Å². The van der Waals surface area contributed by atoms with Crippen LogP contribution in [0.2, 0.25) is 0 Å². The molecular formula is C19H30ClN3O2. The minimum absolute atomic E-state index is 0. The van der Waals surface area contributed by atoms with E-state index in [-0.39, 0.29) is 36.2 Å². The molecule has 4 unspecified atom stereocenters. The van der Waals surface area contributed by atoms with Crippen LogP contribution >= 0.6 is 12.4 Å². The van der Waals surface area contributed by atoms with Crippen molar-refractivity contribution < 1.29 is 9.59 Å². The molecule has 0 saturated carbocycles. The van der Waals surface area contributed by atoms with Gasteiger partial charge in [0.1, 0.15) is 6.04 Å². The lowest BCUT2D eigenvalue weighted by Gasteiger charge is -2.32. The first-order valence-corrected chi connectivity index (χ1v) is 8.90. The van der Waals surface area contributed by atoms with Crippen molar-refractivity contribution in [1.82, 2.24) is 16.0 Å². The molecule has 140 valence electrons. The highest BCUT2D eigenvalue weighted by molar-refractivity contribution is 5.97. The minimum atomic E-state index is -0.509. The summed E-state index contributed by atoms with van der Waals surface area (Å²) in [4.78, 5) is 25.2. The third-order valence-corrected chi connectivity index (χ3v) is 4.93. The summed E-state index contributed by atoms with van der Waals surface area (Å²) < 4.78 is 0. The lowest BCUT2D eigenvalue weighted by Crippen LogP contribution is -2.56. The van der Waals surface area contributed by atoms with Gasteiger partial charge in [-0.25, -0.2) is 0 Å². The average molecular weight is 368 g/mol. The van der Waals surface area contributed by atoms with Crippen LogP contribution in [0, 0.1) is 11.8 Å². The van der Waals surface area contributed by atoms with Gasteiger partial charge in [0, 0.05) is 11.6 Å². The second-order valence-electron chi connectivity index (χ2n) is 6.79. The van der Waals surface area contributed by atoms with Gasteiger partial charge in [-0.15, -0.1) is 12.4 Å². The zero-order valence-corrected chi connectivity index (χ0v) is 16.1. The van der Waals surface area contributed by atoms with Gasteiger partial charge in [-0.3, -0.25) is 9.59 Å². The number of hydrogen-bond donors (Lipinski definition) is 3. The highest BCUT2D eigenvalue weighted by atomic mass is 35.5. The molecule has 3 N–H and O–H groups in total. The smallest absolute Gasteiger partial charge is 0.251 e. The molecule has 0 spiro atoms. The molecule has 1 aliphatic heterocycles. The summed E-state index contributed by atoms with van der Waals surface area (Å²) in [6.07, 6.45) is 1.75. The number of benzene rings is 1. The van der Waals surface area contributed by atoms with Crippen LogP contribution in [0.5, 0.6) is 0 Å². The Morgan fingerprint density at radius 1 is 1.28 bits per heavy atom. The zero-order chi connectivity index (χ0) is 17.5. The Bertz CT molecular complexity index is 553. The molecule has 0 aromatic heterocycles. The Hall–Kier alpha value is -1.59. The standard InChI is InChI=1S/C19H29N3O2.ClH/c1-4-13(2)17(22-18(23)15-8-6-5-7-9-15)19(24)21-16-10-11-20-12-14(16)3;/h5-9,13-14,16-17,20H,4,10-12H2,1-3H3,(H,21,24)(H,22,23);1H. The topological polar surface area (TPSA) is 70.2 Å². The van der Waals surface area contributed by atoms with Gasteiger partial charge in [-0.2, -0.15) is 0 Å². The van der Waals surface area contributed by atoms with E-state index in [4.69, 9.17) is 0 Å². The van der Waals surface area contributed by atoms with E-state index in [0.29, 0.717) is 11.5 Å². The first kappa shape index (κ1) is 21.5. The van der Waals surface area contributed by atoms with Crippen LogP contribution in [0.3, 0.4) is 0 Å². The summed E-state index contributed by atoms with van der Waals surface area (Å²) in [7, 11) is 0. The van der Waals surface area contributed by atoms with E-state index in [1.165, 1.54) is 0 Å². The fraction of sp³-hybridized carbons (Fsp3) is 0.579. The van der Waals surface area contributed by atoms with Crippen molar-refractivity contribution in [3.8, 4) is 0 Å². The largest absolute Gasteiger partial charge is 0.351 e. The van der Waals surface area contributed by atoms with Crippen molar-refractivity contribution in [2.24, 2.45) is 11.8 Å². The number of carbonyl (C=O) groups is 2. The van der Waals surface area contributed by atoms with Crippen LogP contribution < -0.4 is 16.0 Å². The molecule has 1 fully saturated rings. The molecular weight excluding hydrogens is 338 g/mol. The van der Waals surface area contributed by atoms with E-state index >= 15 is 0 Å². The number of halogens is 1. The molecule has 0 bridgehead atoms. The van der Waals surface area contributed by atoms with E-state index in [9.17, 15) is 9.59 Å². The van der Waals surface area contributed by atoms with E-state index in [1.807, 2.05) is 32.0 Å². The molecule has 6 heteroatoms. The number of rotatable bonds is 6. The van der Waals surface area contributed by atoms with Crippen molar-refractivity contribution in [2.45, 2.75) is 45.7 Å². The maximum atomic E-state index is 12.8. The van der Waals surface area contributed by atoms with Crippen LogP contribution in [0.15, 0.2) is 30.3 Å². The average Bonchev–Trinajstić information content (AvgIpc) is 2.61. The van der Waals surface area contributed by atoms with Gasteiger partial charge >= 0.3 is 0 Å². The van der Waals surface area contributed by atoms with Crippen molar-refractivity contribution in [2.75, 3.05) is 13.1 Å². The van der Waals surface area contributed by atoms with Crippen LogP contribution in [-0.2, 0) is 4.79 Å². The lowest BCUT2D eigenvalue weighted by molar-refractivity contribution is -0.125. The van der Waals surface area contributed by atoms with Crippen molar-refractivity contribution >= 4 is 24.2 Å². The highest BCUT2D eigenvalue weighted by Gasteiger charge is 2.30. The number of piperidine rings is 1. The summed E-state index contributed by atoms with van der Waals surface area (Å²) >= 11 is 0. The van der Waals surface area contributed by atoms with Gasteiger partial charge in [-0.05, 0) is 43.5 Å². The number of carbonyl (C=O) groups excluding carboxylic acids is 2. The molecule has 2 rings (SSSR count). The Morgan fingerprint density at radius 2 is 1.96 bits per heavy atom. The monoisotopic (exact) mass is 367 g/mol. The molecule has 2 amide bonds. The molecule has 1 aromatic rings. The predicted octanol–water partition coefficient (Wildman–Crippen LogP) is 2.37. The minimum Gasteiger partial charge on any atom is -0.351 e. The fourth-order valence-electron chi connectivity index (χ4n) is 3.02. The molecule has 1 aliphatic rings. The zero-order valence-electron chi connectivity index (χ0n) is 15.2. The van der Waals surface area contributed by atoms with Gasteiger partial charge in [0.2, 0.25) is 5.91 Å². The molecule has 0 radical (unpaired) electrons. The maximum Gasteiger partial charge on any atom is 0.251 e. The van der Waals surface area contributed by atoms with Gasteiger partial charge < -0.3 is 16.0 Å².